The van der Waals surface area contributed by atoms with Gasteiger partial charge in [0, 0.05) is 0 Å². The summed E-state index contributed by atoms with van der Waals surface area (Å²) in [4.78, 5) is 62.2. The highest BCUT2D eigenvalue weighted by Gasteiger charge is 2.30. The minimum atomic E-state index is -1.66. The predicted molar refractivity (Wildman–Crippen MR) is 142 cm³/mol. The van der Waals surface area contributed by atoms with Crippen LogP contribution < -0.4 is 22.1 Å². The Bertz CT molecular complexity index is 1400. The number of nitrogens with two attached hydrogens (primary N) is 1. The fraction of sp³-hybridized carbons (Fsp3) is 0.296. The van der Waals surface area contributed by atoms with E-state index < -0.39 is 60.4 Å². The second-order valence-corrected chi connectivity index (χ2v) is 9.01. The Labute approximate surface area is 228 Å². The van der Waals surface area contributed by atoms with E-state index in [1.54, 1.807) is 42.5 Å². The van der Waals surface area contributed by atoms with Crippen LogP contribution in [0.5, 0.6) is 5.88 Å². The van der Waals surface area contributed by atoms with Crippen molar-refractivity contribution in [3.05, 3.63) is 88.0 Å². The van der Waals surface area contributed by atoms with Crippen LogP contribution in [0.1, 0.15) is 35.7 Å². The molecule has 0 radical (unpaired) electrons. The van der Waals surface area contributed by atoms with Crippen LogP contribution in [0.25, 0.3) is 0 Å². The Morgan fingerprint density at radius 1 is 0.900 bits per heavy atom. The average Bonchev–Trinajstić information content (AvgIpc) is 3.14. The maximum absolute atomic E-state index is 13.2. The number of carbonyl (C=O) groups is 4. The number of imidazole rings is 1. The van der Waals surface area contributed by atoms with Gasteiger partial charge in [-0.2, -0.15) is 0 Å². The molecule has 0 aliphatic heterocycles. The largest absolute Gasteiger partial charge is 0.493 e. The van der Waals surface area contributed by atoms with Gasteiger partial charge in [-0.05, 0) is 30.5 Å². The smallest absolute Gasteiger partial charge is 0.332 e. The molecule has 1 aromatic heterocycles. The molecule has 0 saturated heterocycles. The number of carbonyl (C=O) groups excluding carboxylic acids is 2. The molecule has 3 aromatic rings. The van der Waals surface area contributed by atoms with E-state index >= 15 is 0 Å². The van der Waals surface area contributed by atoms with Crippen LogP contribution in [0, 0.1) is 0 Å². The zero-order valence-corrected chi connectivity index (χ0v) is 21.5. The van der Waals surface area contributed by atoms with Gasteiger partial charge >= 0.3 is 17.6 Å². The topological polar surface area (TPSA) is 206 Å². The molecule has 0 unspecified atom stereocenters. The van der Waals surface area contributed by atoms with E-state index in [1.807, 2.05) is 6.07 Å². The van der Waals surface area contributed by atoms with E-state index in [0.717, 1.165) is 10.1 Å². The Morgan fingerprint density at radius 2 is 1.52 bits per heavy atom. The molecule has 0 bridgehead atoms. The van der Waals surface area contributed by atoms with Crippen LogP contribution in [0.3, 0.4) is 0 Å². The maximum atomic E-state index is 13.2. The van der Waals surface area contributed by atoms with Crippen LogP contribution in [0.2, 0.25) is 0 Å². The minimum absolute atomic E-state index is 0.127. The Balaban J connectivity index is 1.82. The van der Waals surface area contributed by atoms with Crippen molar-refractivity contribution < 1.29 is 34.5 Å². The molecule has 0 fully saturated rings. The van der Waals surface area contributed by atoms with Crippen molar-refractivity contribution in [3.8, 4) is 5.88 Å². The number of aromatic nitrogens is 2. The van der Waals surface area contributed by atoms with Crippen molar-refractivity contribution in [2.45, 2.75) is 44.4 Å². The van der Waals surface area contributed by atoms with Crippen LogP contribution in [0.15, 0.2) is 65.5 Å². The van der Waals surface area contributed by atoms with Gasteiger partial charge in [0.05, 0.1) is 18.7 Å². The van der Waals surface area contributed by atoms with Crippen LogP contribution in [-0.2, 0) is 38.7 Å². The van der Waals surface area contributed by atoms with Crippen molar-refractivity contribution in [1.29, 1.82) is 0 Å². The van der Waals surface area contributed by atoms with E-state index in [0.29, 0.717) is 13.0 Å². The quantitative estimate of drug-likeness (QED) is 0.161. The van der Waals surface area contributed by atoms with Crippen LogP contribution in [0.4, 0.5) is 0 Å². The number of rotatable bonds is 14. The number of hydrogen-bond acceptors (Lipinski definition) is 7. The van der Waals surface area contributed by atoms with E-state index in [2.05, 4.69) is 10.6 Å². The van der Waals surface area contributed by atoms with Gasteiger partial charge in [-0.15, -0.1) is 0 Å². The molecule has 2 atom stereocenters. The summed E-state index contributed by atoms with van der Waals surface area (Å²) in [5, 5.41) is 34.2. The van der Waals surface area contributed by atoms with Crippen LogP contribution in [-0.4, -0.2) is 60.8 Å². The lowest BCUT2D eigenvalue weighted by atomic mass is 10.1. The third-order valence-electron chi connectivity index (χ3n) is 6.10. The zero-order valence-electron chi connectivity index (χ0n) is 21.5. The predicted octanol–water partition coefficient (Wildman–Crippen LogP) is 0.197. The summed E-state index contributed by atoms with van der Waals surface area (Å²) in [5.74, 6) is -5.24. The first-order valence-electron chi connectivity index (χ1n) is 12.5. The Kier molecular flexibility index (Phi) is 10.2. The van der Waals surface area contributed by atoms with Gasteiger partial charge in [-0.25, -0.2) is 9.59 Å². The standard InChI is InChI=1S/C27H31N5O8/c28-13-7-12-20-25(37)32(27(40)31(20)15-17-8-3-1-4-9-17)16-21(33)29-19(14-22(34)35)24(36)30-23(26(38)39)18-10-5-2-6-11-18/h1-6,8-11,19,23,37H,7,12-16,28H2,(H,29,33)(H,30,36)(H,34,35)(H,38,39)/t19-,23-/m0/s1. The molecule has 40 heavy (non-hydrogen) atoms. The third kappa shape index (κ3) is 7.57. The van der Waals surface area contributed by atoms with Gasteiger partial charge < -0.3 is 31.7 Å². The van der Waals surface area contributed by atoms with Crippen molar-refractivity contribution in [2.24, 2.45) is 5.73 Å². The molecule has 0 aliphatic rings. The molecule has 2 aromatic carbocycles. The summed E-state index contributed by atoms with van der Waals surface area (Å²) in [5.41, 5.74) is 6.22. The second kappa shape index (κ2) is 13.8. The first kappa shape index (κ1) is 29.6. The van der Waals surface area contributed by atoms with Gasteiger partial charge in [0.1, 0.15) is 12.6 Å². The maximum Gasteiger partial charge on any atom is 0.332 e. The number of nitrogens with zero attached hydrogens (tertiary/aromatic N) is 2. The highest BCUT2D eigenvalue weighted by molar-refractivity contribution is 5.93. The lowest BCUT2D eigenvalue weighted by Gasteiger charge is -2.20. The molecular formula is C27H31N5O8. The molecule has 0 spiro atoms. The molecule has 0 aliphatic carbocycles. The van der Waals surface area contributed by atoms with Crippen molar-refractivity contribution in [2.75, 3.05) is 6.54 Å². The summed E-state index contributed by atoms with van der Waals surface area (Å²) >= 11 is 0. The summed E-state index contributed by atoms with van der Waals surface area (Å²) in [6, 6.07) is 13.6. The fourth-order valence-corrected chi connectivity index (χ4v) is 4.16. The van der Waals surface area contributed by atoms with E-state index in [-0.39, 0.29) is 24.2 Å². The van der Waals surface area contributed by atoms with Crippen molar-refractivity contribution in [1.82, 2.24) is 19.8 Å². The number of amides is 2. The van der Waals surface area contributed by atoms with Crippen molar-refractivity contribution >= 4 is 23.8 Å². The molecule has 0 saturated carbocycles. The molecule has 2 amide bonds. The Hall–Kier alpha value is -4.91. The molecule has 13 nitrogen and oxygen atoms in total. The number of hydrogen-bond donors (Lipinski definition) is 6. The number of carboxylic acids is 2. The SMILES string of the molecule is NCCCc1c(O)n(CC(=O)N[C@@H](CC(=O)O)C(=O)N[C@H](C(=O)O)c2ccccc2)c(=O)n1Cc1ccccc1. The normalized spacial score (nSPS) is 12.3. The molecule has 212 valence electrons. The fourth-order valence-electron chi connectivity index (χ4n) is 4.16. The lowest BCUT2D eigenvalue weighted by Crippen LogP contribution is -2.50. The van der Waals surface area contributed by atoms with Gasteiger partial charge in [0.15, 0.2) is 6.04 Å². The summed E-state index contributed by atoms with van der Waals surface area (Å²) in [6.07, 6.45) is -0.125. The minimum Gasteiger partial charge on any atom is -0.493 e. The highest BCUT2D eigenvalue weighted by Crippen LogP contribution is 2.19. The summed E-state index contributed by atoms with van der Waals surface area (Å²) in [7, 11) is 0. The molecule has 13 heteroatoms. The van der Waals surface area contributed by atoms with Crippen LogP contribution >= 0.6 is 0 Å². The zero-order chi connectivity index (χ0) is 29.2. The molecule has 3 rings (SSSR count). The number of aromatic hydroxyl groups is 1. The third-order valence-corrected chi connectivity index (χ3v) is 6.10. The summed E-state index contributed by atoms with van der Waals surface area (Å²) < 4.78 is 2.15. The van der Waals surface area contributed by atoms with Gasteiger partial charge in [0.25, 0.3) is 0 Å². The average molecular weight is 554 g/mol. The Morgan fingerprint density at radius 3 is 2.10 bits per heavy atom. The molecule has 1 heterocycles. The number of nitrogens with one attached hydrogen (secondary N) is 2. The van der Waals surface area contributed by atoms with E-state index in [9.17, 15) is 39.3 Å². The van der Waals surface area contributed by atoms with Crippen molar-refractivity contribution in [3.63, 3.8) is 0 Å². The first-order chi connectivity index (χ1) is 19.1. The van der Waals surface area contributed by atoms with Gasteiger partial charge in [-0.3, -0.25) is 23.5 Å². The van der Waals surface area contributed by atoms with Gasteiger partial charge in [0.2, 0.25) is 17.7 Å². The summed E-state index contributed by atoms with van der Waals surface area (Å²) in [6.45, 7) is -0.286. The second-order valence-electron chi connectivity index (χ2n) is 9.01. The number of aliphatic carboxylic acids is 2. The molecular weight excluding hydrogens is 522 g/mol. The molecule has 7 N–H and O–H groups in total. The lowest BCUT2D eigenvalue weighted by molar-refractivity contribution is -0.143. The first-order valence-corrected chi connectivity index (χ1v) is 12.5. The monoisotopic (exact) mass is 553 g/mol. The van der Waals surface area contributed by atoms with Gasteiger partial charge in [-0.1, -0.05) is 60.7 Å². The van der Waals surface area contributed by atoms with E-state index in [1.165, 1.54) is 16.7 Å². The number of benzene rings is 2. The number of carboxylic acid groups (broad SMARTS) is 2. The van der Waals surface area contributed by atoms with E-state index in [4.69, 9.17) is 5.73 Å². The highest BCUT2D eigenvalue weighted by atomic mass is 16.4.